The fraction of sp³-hybridized carbons (Fsp3) is 0.619. The Morgan fingerprint density at radius 3 is 2.89 bits per heavy atom. The van der Waals surface area contributed by atoms with Gasteiger partial charge in [-0.25, -0.2) is 0 Å². The average Bonchev–Trinajstić information content (AvgIpc) is 3.37. The van der Waals surface area contributed by atoms with Gasteiger partial charge < -0.3 is 15.6 Å². The van der Waals surface area contributed by atoms with Crippen molar-refractivity contribution in [3.63, 3.8) is 0 Å². The van der Waals surface area contributed by atoms with Gasteiger partial charge in [-0.05, 0) is 56.2 Å². The van der Waals surface area contributed by atoms with E-state index in [-0.39, 0.29) is 11.8 Å². The number of hydrogen-bond donors (Lipinski definition) is 2. The second kappa shape index (κ2) is 4.92. The Labute approximate surface area is 157 Å². The number of benzene rings is 1. The number of ketones is 1. The number of nitrogens with zero attached hydrogens (tertiary/aromatic N) is 1. The Morgan fingerprint density at radius 2 is 2.15 bits per heavy atom. The zero-order valence-corrected chi connectivity index (χ0v) is 15.2. The van der Waals surface area contributed by atoms with Crippen LogP contribution >= 0.6 is 0 Å². The van der Waals surface area contributed by atoms with Crippen LogP contribution in [-0.2, 0) is 16.6 Å². The van der Waals surface area contributed by atoms with Crippen LogP contribution in [0.2, 0.25) is 0 Å². The van der Waals surface area contributed by atoms with Gasteiger partial charge in [0.05, 0.1) is 16.6 Å². The lowest BCUT2D eigenvalue weighted by Gasteiger charge is -2.62. The molecule has 3 N–H and O–H groups in total. The molecule has 3 aliphatic carbocycles. The van der Waals surface area contributed by atoms with E-state index in [2.05, 4.69) is 4.90 Å². The number of piperidine rings is 1. The third-order valence-electron chi connectivity index (χ3n) is 7.84. The van der Waals surface area contributed by atoms with Gasteiger partial charge in [0.1, 0.15) is 5.75 Å². The molecule has 1 unspecified atom stereocenters. The number of hydrogen-bond acceptors (Lipinski definition) is 5. The van der Waals surface area contributed by atoms with Crippen LogP contribution < -0.4 is 10.5 Å². The molecule has 2 aliphatic heterocycles. The first-order valence-corrected chi connectivity index (χ1v) is 10.1. The van der Waals surface area contributed by atoms with Gasteiger partial charge in [-0.3, -0.25) is 14.5 Å². The van der Waals surface area contributed by atoms with Crippen molar-refractivity contribution in [2.75, 3.05) is 13.1 Å². The molecule has 2 heterocycles. The molecule has 1 aromatic rings. The van der Waals surface area contributed by atoms with Crippen LogP contribution in [0.4, 0.5) is 0 Å². The van der Waals surface area contributed by atoms with Crippen LogP contribution in [0.15, 0.2) is 12.1 Å². The monoisotopic (exact) mass is 368 g/mol. The summed E-state index contributed by atoms with van der Waals surface area (Å²) < 4.78 is 6.15. The maximum Gasteiger partial charge on any atom is 0.252 e. The van der Waals surface area contributed by atoms with Crippen LogP contribution in [0.25, 0.3) is 0 Å². The lowest BCUT2D eigenvalue weighted by molar-refractivity contribution is -0.188. The number of amides is 1. The van der Waals surface area contributed by atoms with E-state index < -0.39 is 23.0 Å². The molecule has 2 bridgehead atoms. The van der Waals surface area contributed by atoms with Crippen molar-refractivity contribution in [1.29, 1.82) is 0 Å². The predicted octanol–water partition coefficient (Wildman–Crippen LogP) is 0.919. The summed E-state index contributed by atoms with van der Waals surface area (Å²) in [5.41, 5.74) is 6.17. The summed E-state index contributed by atoms with van der Waals surface area (Å²) in [6, 6.07) is 3.68. The van der Waals surface area contributed by atoms with Crippen molar-refractivity contribution in [3.8, 4) is 5.75 Å². The molecule has 6 rings (SSSR count). The van der Waals surface area contributed by atoms with Crippen molar-refractivity contribution in [1.82, 2.24) is 4.90 Å². The van der Waals surface area contributed by atoms with Crippen molar-refractivity contribution in [2.24, 2.45) is 11.7 Å². The standard InChI is InChI=1S/C21H24N2O4/c22-19(25)13-4-3-12-9-15-21(26)6-5-14(24)18-20(21,16(12)17(13)27-18)7-8-23(15)10-11-1-2-11/h3-4,11,15,18,26H,1-2,5-10H2,(H2,22,25)/t15-,18?,20+,21-/m1/s1. The molecule has 5 aliphatic rings. The van der Waals surface area contributed by atoms with Gasteiger partial charge in [0.25, 0.3) is 5.91 Å². The third-order valence-corrected chi connectivity index (χ3v) is 7.84. The van der Waals surface area contributed by atoms with E-state index in [1.165, 1.54) is 12.8 Å². The molecule has 0 aromatic heterocycles. The highest BCUT2D eigenvalue weighted by atomic mass is 16.5. The van der Waals surface area contributed by atoms with E-state index >= 15 is 0 Å². The van der Waals surface area contributed by atoms with Crippen LogP contribution in [0, 0.1) is 5.92 Å². The lowest BCUT2D eigenvalue weighted by atomic mass is 9.49. The first-order chi connectivity index (χ1) is 13.0. The number of aliphatic hydroxyl groups is 1. The second-order valence-electron chi connectivity index (χ2n) is 9.11. The van der Waals surface area contributed by atoms with E-state index in [0.717, 1.165) is 36.6 Å². The van der Waals surface area contributed by atoms with Crippen LogP contribution in [-0.4, -0.2) is 52.5 Å². The average molecular weight is 368 g/mol. The topological polar surface area (TPSA) is 92.9 Å². The minimum Gasteiger partial charge on any atom is -0.480 e. The smallest absolute Gasteiger partial charge is 0.252 e. The Hall–Kier alpha value is -1.92. The summed E-state index contributed by atoms with van der Waals surface area (Å²) >= 11 is 0. The molecule has 3 fully saturated rings. The highest BCUT2D eigenvalue weighted by molar-refractivity contribution is 5.98. The van der Waals surface area contributed by atoms with Crippen LogP contribution in [0.1, 0.15) is 53.6 Å². The van der Waals surface area contributed by atoms with Gasteiger partial charge in [0.15, 0.2) is 11.9 Å². The first kappa shape index (κ1) is 16.1. The maximum atomic E-state index is 12.8. The van der Waals surface area contributed by atoms with Gasteiger partial charge in [0, 0.05) is 24.6 Å². The van der Waals surface area contributed by atoms with Crippen molar-refractivity contribution in [2.45, 2.75) is 61.7 Å². The Bertz CT molecular complexity index is 894. The number of rotatable bonds is 3. The normalized spacial score (nSPS) is 39.1. The van der Waals surface area contributed by atoms with E-state index in [1.54, 1.807) is 6.07 Å². The summed E-state index contributed by atoms with van der Waals surface area (Å²) in [6.45, 7) is 1.89. The number of primary amides is 1. The maximum absolute atomic E-state index is 12.8. The Balaban J connectivity index is 1.58. The Kier molecular flexibility index (Phi) is 2.93. The molecule has 0 radical (unpaired) electrons. The van der Waals surface area contributed by atoms with Gasteiger partial charge in [-0.15, -0.1) is 0 Å². The number of nitrogens with two attached hydrogens (primary N) is 1. The SMILES string of the molecule is NC(=O)c1ccc2c3c1OC1C(=O)CC[C@@]4(O)[C@@H](C2)N(CC2CC2)CC[C@]314. The van der Waals surface area contributed by atoms with Gasteiger partial charge >= 0.3 is 0 Å². The van der Waals surface area contributed by atoms with E-state index in [1.807, 2.05) is 6.07 Å². The number of ether oxygens (including phenoxy) is 1. The molecule has 1 amide bonds. The van der Waals surface area contributed by atoms with Crippen molar-refractivity contribution in [3.05, 3.63) is 28.8 Å². The fourth-order valence-electron chi connectivity index (χ4n) is 6.47. The molecule has 4 atom stereocenters. The Morgan fingerprint density at radius 1 is 1.33 bits per heavy atom. The van der Waals surface area contributed by atoms with E-state index in [9.17, 15) is 14.7 Å². The molecule has 142 valence electrons. The summed E-state index contributed by atoms with van der Waals surface area (Å²) in [6.07, 6.45) is 4.07. The fourth-order valence-corrected chi connectivity index (χ4v) is 6.47. The largest absolute Gasteiger partial charge is 0.480 e. The van der Waals surface area contributed by atoms with E-state index in [4.69, 9.17) is 10.5 Å². The minimum absolute atomic E-state index is 0.00364. The molecule has 27 heavy (non-hydrogen) atoms. The number of Topliss-reactive ketones (excluding diaryl/α,β-unsaturated/α-hetero) is 1. The zero-order valence-electron chi connectivity index (χ0n) is 15.2. The lowest BCUT2D eigenvalue weighted by Crippen LogP contribution is -2.76. The molecule has 1 aromatic carbocycles. The molecule has 1 spiro atoms. The molecular formula is C21H24N2O4. The number of carbonyl (C=O) groups excluding carboxylic acids is 2. The summed E-state index contributed by atoms with van der Waals surface area (Å²) in [5.74, 6) is 0.686. The minimum atomic E-state index is -0.993. The van der Waals surface area contributed by atoms with Crippen molar-refractivity contribution >= 4 is 11.7 Å². The molecule has 6 nitrogen and oxygen atoms in total. The highest BCUT2D eigenvalue weighted by Crippen LogP contribution is 2.64. The van der Waals surface area contributed by atoms with Crippen LogP contribution in [0.3, 0.4) is 0 Å². The molecule has 1 saturated heterocycles. The van der Waals surface area contributed by atoms with Gasteiger partial charge in [-0.1, -0.05) is 6.07 Å². The molecule has 6 heteroatoms. The number of likely N-dealkylation sites (tertiary alicyclic amines) is 1. The van der Waals surface area contributed by atoms with E-state index in [0.29, 0.717) is 30.6 Å². The summed E-state index contributed by atoms with van der Waals surface area (Å²) in [7, 11) is 0. The highest BCUT2D eigenvalue weighted by Gasteiger charge is 2.73. The van der Waals surface area contributed by atoms with Gasteiger partial charge in [0.2, 0.25) is 0 Å². The predicted molar refractivity (Wildman–Crippen MR) is 96.7 cm³/mol. The van der Waals surface area contributed by atoms with Gasteiger partial charge in [-0.2, -0.15) is 0 Å². The third kappa shape index (κ3) is 1.79. The van der Waals surface area contributed by atoms with Crippen molar-refractivity contribution < 1.29 is 19.4 Å². The molecule has 2 saturated carbocycles. The summed E-state index contributed by atoms with van der Waals surface area (Å²) in [4.78, 5) is 27.3. The van der Waals surface area contributed by atoms with Crippen LogP contribution in [0.5, 0.6) is 5.75 Å². The first-order valence-electron chi connectivity index (χ1n) is 10.1. The zero-order chi connectivity index (χ0) is 18.6. The second-order valence-corrected chi connectivity index (χ2v) is 9.11. The molecular weight excluding hydrogens is 344 g/mol. The number of carbonyl (C=O) groups is 2. The quantitative estimate of drug-likeness (QED) is 0.828. The summed E-state index contributed by atoms with van der Waals surface area (Å²) in [5, 5.41) is 12.1.